The Hall–Kier alpha value is -1.69. The number of nitrogens with zero attached hydrogens (tertiary/aromatic N) is 2. The van der Waals surface area contributed by atoms with E-state index in [1.54, 1.807) is 0 Å². The zero-order chi connectivity index (χ0) is 10.8. The van der Waals surface area contributed by atoms with Crippen LogP contribution >= 0.6 is 0 Å². The van der Waals surface area contributed by atoms with Crippen LogP contribution in [0.4, 0.5) is 5.69 Å². The molecule has 0 aromatic heterocycles. The lowest BCUT2D eigenvalue weighted by Gasteiger charge is -2.33. The van der Waals surface area contributed by atoms with Gasteiger partial charge in [0.25, 0.3) is 0 Å². The topological polar surface area (TPSA) is 36.3 Å². The molecule has 0 saturated carbocycles. The average molecular weight is 202 g/mol. The minimum atomic E-state index is -0.00444. The summed E-state index contributed by atoms with van der Waals surface area (Å²) in [5.74, 6) is 0.884. The number of anilines is 1. The van der Waals surface area contributed by atoms with Crippen molar-refractivity contribution in [3.05, 3.63) is 23.8 Å². The molecule has 1 atom stereocenters. The Labute approximate surface area is 89.9 Å². The highest BCUT2D eigenvalue weighted by Gasteiger charge is 2.22. The predicted molar refractivity (Wildman–Crippen MR) is 59.1 cm³/mol. The normalized spacial score (nSPS) is 19.0. The van der Waals surface area contributed by atoms with Gasteiger partial charge in [-0.15, -0.1) is 0 Å². The highest BCUT2D eigenvalue weighted by Crippen LogP contribution is 2.33. The molecule has 0 amide bonds. The summed E-state index contributed by atoms with van der Waals surface area (Å²) >= 11 is 0. The number of benzene rings is 1. The van der Waals surface area contributed by atoms with Crippen LogP contribution in [0, 0.1) is 18.3 Å². The van der Waals surface area contributed by atoms with Gasteiger partial charge >= 0.3 is 0 Å². The largest absolute Gasteiger partial charge is 0.485 e. The number of aryl methyl sites for hydroxylation is 1. The molecule has 1 heterocycles. The highest BCUT2D eigenvalue weighted by molar-refractivity contribution is 5.61. The van der Waals surface area contributed by atoms with Gasteiger partial charge in [0.2, 0.25) is 0 Å². The summed E-state index contributed by atoms with van der Waals surface area (Å²) in [6.07, 6.45) is 0.438. The van der Waals surface area contributed by atoms with Crippen molar-refractivity contribution in [2.45, 2.75) is 19.4 Å². The lowest BCUT2D eigenvalue weighted by molar-refractivity contribution is 0.201. The molecule has 1 aromatic rings. The second-order valence-electron chi connectivity index (χ2n) is 3.95. The van der Waals surface area contributed by atoms with Crippen LogP contribution in [0.2, 0.25) is 0 Å². The van der Waals surface area contributed by atoms with Crippen molar-refractivity contribution < 1.29 is 4.74 Å². The molecule has 78 valence electrons. The minimum Gasteiger partial charge on any atom is -0.485 e. The predicted octanol–water partition coefficient (Wildman–Crippen LogP) is 2.11. The Morgan fingerprint density at radius 3 is 3.13 bits per heavy atom. The molecule has 0 spiro atoms. The van der Waals surface area contributed by atoms with Crippen LogP contribution in [0.15, 0.2) is 18.2 Å². The molecule has 1 unspecified atom stereocenters. The molecule has 0 bridgehead atoms. The number of fused-ring (bicyclic) bond motifs is 1. The number of ether oxygens (including phenoxy) is 1. The summed E-state index contributed by atoms with van der Waals surface area (Å²) < 4.78 is 5.73. The molecular weight excluding hydrogens is 188 g/mol. The molecule has 1 aromatic carbocycles. The average Bonchev–Trinajstić information content (AvgIpc) is 2.20. The number of likely N-dealkylation sites (N-methyl/N-ethyl adjacent to an activating group) is 1. The molecule has 3 heteroatoms. The van der Waals surface area contributed by atoms with Crippen LogP contribution in [0.5, 0.6) is 5.75 Å². The molecule has 0 N–H and O–H groups in total. The highest BCUT2D eigenvalue weighted by atomic mass is 16.5. The van der Waals surface area contributed by atoms with Crippen LogP contribution < -0.4 is 9.64 Å². The van der Waals surface area contributed by atoms with Gasteiger partial charge in [0.15, 0.2) is 0 Å². The molecule has 0 fully saturated rings. The van der Waals surface area contributed by atoms with Gasteiger partial charge < -0.3 is 9.64 Å². The van der Waals surface area contributed by atoms with Gasteiger partial charge in [0, 0.05) is 7.05 Å². The third-order valence-electron chi connectivity index (χ3n) is 2.62. The summed E-state index contributed by atoms with van der Waals surface area (Å²) in [6, 6.07) is 8.26. The van der Waals surface area contributed by atoms with Gasteiger partial charge in [-0.05, 0) is 24.6 Å². The van der Waals surface area contributed by atoms with E-state index >= 15 is 0 Å². The maximum atomic E-state index is 8.65. The van der Waals surface area contributed by atoms with E-state index in [1.165, 1.54) is 5.56 Å². The number of nitriles is 1. The lowest BCUT2D eigenvalue weighted by atomic mass is 10.1. The van der Waals surface area contributed by atoms with Gasteiger partial charge in [0.05, 0.1) is 24.7 Å². The van der Waals surface area contributed by atoms with E-state index in [0.29, 0.717) is 6.42 Å². The first-order chi connectivity index (χ1) is 7.20. The maximum absolute atomic E-state index is 8.65. The van der Waals surface area contributed by atoms with Crippen molar-refractivity contribution >= 4 is 5.69 Å². The fraction of sp³-hybridized carbons (Fsp3) is 0.417. The smallest absolute Gasteiger partial charge is 0.143 e. The summed E-state index contributed by atoms with van der Waals surface area (Å²) in [5.41, 5.74) is 2.34. The van der Waals surface area contributed by atoms with Gasteiger partial charge in [-0.25, -0.2) is 0 Å². The number of hydrogen-bond donors (Lipinski definition) is 0. The van der Waals surface area contributed by atoms with Crippen molar-refractivity contribution in [1.29, 1.82) is 5.26 Å². The molecule has 1 aliphatic rings. The molecular formula is C12H14N2O. The van der Waals surface area contributed by atoms with E-state index in [9.17, 15) is 0 Å². The summed E-state index contributed by atoms with van der Waals surface area (Å²) in [4.78, 5) is 2.15. The SMILES string of the molecule is Cc1ccc2c(c1)N(C)CC(CC#N)O2. The maximum Gasteiger partial charge on any atom is 0.143 e. The Morgan fingerprint density at radius 1 is 1.60 bits per heavy atom. The standard InChI is InChI=1S/C12H14N2O/c1-9-3-4-12-11(7-9)14(2)8-10(15-12)5-6-13/h3-4,7,10H,5,8H2,1-2H3. The summed E-state index contributed by atoms with van der Waals surface area (Å²) in [6.45, 7) is 2.85. The van der Waals surface area contributed by atoms with Crippen LogP contribution in [0.25, 0.3) is 0 Å². The quantitative estimate of drug-likeness (QED) is 0.699. The fourth-order valence-electron chi connectivity index (χ4n) is 1.85. The van der Waals surface area contributed by atoms with Gasteiger partial charge in [-0.3, -0.25) is 0 Å². The summed E-state index contributed by atoms with van der Waals surface area (Å²) in [7, 11) is 2.03. The second-order valence-corrected chi connectivity index (χ2v) is 3.95. The summed E-state index contributed by atoms with van der Waals surface area (Å²) in [5, 5.41) is 8.65. The number of rotatable bonds is 1. The Morgan fingerprint density at radius 2 is 2.40 bits per heavy atom. The lowest BCUT2D eigenvalue weighted by Crippen LogP contribution is -2.37. The third-order valence-corrected chi connectivity index (χ3v) is 2.62. The Kier molecular flexibility index (Phi) is 2.51. The molecule has 1 aliphatic heterocycles. The molecule has 0 saturated heterocycles. The Bertz CT molecular complexity index is 409. The molecule has 0 aliphatic carbocycles. The van der Waals surface area contributed by atoms with Crippen molar-refractivity contribution in [1.82, 2.24) is 0 Å². The van der Waals surface area contributed by atoms with E-state index in [4.69, 9.17) is 10.00 Å². The van der Waals surface area contributed by atoms with E-state index in [-0.39, 0.29) is 6.10 Å². The van der Waals surface area contributed by atoms with E-state index in [0.717, 1.165) is 18.0 Å². The van der Waals surface area contributed by atoms with Crippen molar-refractivity contribution in [3.63, 3.8) is 0 Å². The van der Waals surface area contributed by atoms with E-state index < -0.39 is 0 Å². The van der Waals surface area contributed by atoms with Crippen molar-refractivity contribution in [3.8, 4) is 11.8 Å². The molecule has 0 radical (unpaired) electrons. The van der Waals surface area contributed by atoms with Crippen LogP contribution in [0.1, 0.15) is 12.0 Å². The zero-order valence-electron chi connectivity index (χ0n) is 9.03. The van der Waals surface area contributed by atoms with Gasteiger partial charge in [-0.1, -0.05) is 6.07 Å². The van der Waals surface area contributed by atoms with Crippen LogP contribution in [-0.4, -0.2) is 19.7 Å². The number of hydrogen-bond acceptors (Lipinski definition) is 3. The van der Waals surface area contributed by atoms with Crippen molar-refractivity contribution in [2.24, 2.45) is 0 Å². The van der Waals surface area contributed by atoms with Crippen molar-refractivity contribution in [2.75, 3.05) is 18.5 Å². The second kappa shape index (κ2) is 3.82. The molecule has 15 heavy (non-hydrogen) atoms. The Balaban J connectivity index is 2.29. The van der Waals surface area contributed by atoms with E-state index in [2.05, 4.69) is 24.0 Å². The first kappa shape index (κ1) is 9.85. The monoisotopic (exact) mass is 202 g/mol. The third kappa shape index (κ3) is 1.89. The van der Waals surface area contributed by atoms with Crippen LogP contribution in [-0.2, 0) is 0 Å². The van der Waals surface area contributed by atoms with E-state index in [1.807, 2.05) is 19.2 Å². The van der Waals surface area contributed by atoms with Crippen LogP contribution in [0.3, 0.4) is 0 Å². The molecule has 2 rings (SSSR count). The molecule has 3 nitrogen and oxygen atoms in total. The van der Waals surface area contributed by atoms with Gasteiger partial charge in [0.1, 0.15) is 11.9 Å². The first-order valence-corrected chi connectivity index (χ1v) is 5.06. The zero-order valence-corrected chi connectivity index (χ0v) is 9.03. The minimum absolute atomic E-state index is 0.00444. The first-order valence-electron chi connectivity index (χ1n) is 5.06. The van der Waals surface area contributed by atoms with Gasteiger partial charge in [-0.2, -0.15) is 5.26 Å². The fourth-order valence-corrected chi connectivity index (χ4v) is 1.85.